The number of aromatic nitrogens is 2. The molecule has 0 N–H and O–H groups in total. The maximum atomic E-state index is 10.9. The van der Waals surface area contributed by atoms with Gasteiger partial charge >= 0.3 is 5.97 Å². The maximum absolute atomic E-state index is 10.9. The van der Waals surface area contributed by atoms with Crippen LogP contribution in [0.1, 0.15) is 18.6 Å². The van der Waals surface area contributed by atoms with E-state index in [4.69, 9.17) is 4.52 Å². The summed E-state index contributed by atoms with van der Waals surface area (Å²) in [6.07, 6.45) is 0.716. The van der Waals surface area contributed by atoms with Crippen LogP contribution in [-0.2, 0) is 22.5 Å². The summed E-state index contributed by atoms with van der Waals surface area (Å²) in [5.74, 6) is 0.909. The van der Waals surface area contributed by atoms with Crippen LogP contribution in [0.15, 0.2) is 4.52 Å². The van der Waals surface area contributed by atoms with Crippen molar-refractivity contribution in [3.8, 4) is 0 Å². The second-order valence-electron chi connectivity index (χ2n) is 3.21. The third kappa shape index (κ3) is 3.67. The van der Waals surface area contributed by atoms with Crippen molar-refractivity contribution in [1.29, 1.82) is 0 Å². The average molecular weight is 213 g/mol. The van der Waals surface area contributed by atoms with Gasteiger partial charge in [-0.15, -0.1) is 0 Å². The predicted molar refractivity (Wildman–Crippen MR) is 52.0 cm³/mol. The van der Waals surface area contributed by atoms with E-state index in [1.807, 2.05) is 6.92 Å². The zero-order chi connectivity index (χ0) is 11.3. The molecule has 0 saturated heterocycles. The number of nitrogens with zero attached hydrogens (tertiary/aromatic N) is 3. The molecule has 0 atom stereocenters. The lowest BCUT2D eigenvalue weighted by atomic mass is 10.4. The van der Waals surface area contributed by atoms with Gasteiger partial charge in [0.05, 0.1) is 20.2 Å². The Hall–Kier alpha value is -1.43. The first kappa shape index (κ1) is 11.6. The highest BCUT2D eigenvalue weighted by Crippen LogP contribution is 2.00. The Labute approximate surface area is 88.2 Å². The fourth-order valence-electron chi connectivity index (χ4n) is 1.08. The van der Waals surface area contributed by atoms with E-state index in [9.17, 15) is 4.79 Å². The summed E-state index contributed by atoms with van der Waals surface area (Å²) >= 11 is 0. The molecule has 84 valence electrons. The van der Waals surface area contributed by atoms with Gasteiger partial charge in [0.25, 0.3) is 0 Å². The van der Waals surface area contributed by atoms with Crippen LogP contribution in [0.25, 0.3) is 0 Å². The smallest absolute Gasteiger partial charge is 0.319 e. The quantitative estimate of drug-likeness (QED) is 0.652. The summed E-state index contributed by atoms with van der Waals surface area (Å²) in [6, 6.07) is 0. The molecule has 0 aromatic carbocycles. The zero-order valence-electron chi connectivity index (χ0n) is 9.19. The SMILES string of the molecule is CCc1nc(CN(C)CC(=O)OC)no1. The second-order valence-corrected chi connectivity index (χ2v) is 3.21. The molecule has 0 unspecified atom stereocenters. The van der Waals surface area contributed by atoms with Crippen LogP contribution in [0.3, 0.4) is 0 Å². The molecular weight excluding hydrogens is 198 g/mol. The number of esters is 1. The van der Waals surface area contributed by atoms with Gasteiger partial charge < -0.3 is 9.26 Å². The second kappa shape index (κ2) is 5.45. The molecule has 0 spiro atoms. The molecule has 0 saturated carbocycles. The first-order valence-electron chi connectivity index (χ1n) is 4.72. The lowest BCUT2D eigenvalue weighted by molar-refractivity contribution is -0.141. The number of likely N-dealkylation sites (N-methyl/N-ethyl adjacent to an activating group) is 1. The van der Waals surface area contributed by atoms with E-state index in [-0.39, 0.29) is 12.5 Å². The van der Waals surface area contributed by atoms with E-state index < -0.39 is 0 Å². The fourth-order valence-corrected chi connectivity index (χ4v) is 1.08. The number of ether oxygens (including phenoxy) is 1. The molecule has 6 nitrogen and oxygen atoms in total. The Morgan fingerprint density at radius 3 is 2.87 bits per heavy atom. The minimum Gasteiger partial charge on any atom is -0.468 e. The van der Waals surface area contributed by atoms with Gasteiger partial charge in [0.15, 0.2) is 5.82 Å². The van der Waals surface area contributed by atoms with Crippen molar-refractivity contribution >= 4 is 5.97 Å². The highest BCUT2D eigenvalue weighted by Gasteiger charge is 2.10. The Morgan fingerprint density at radius 2 is 2.33 bits per heavy atom. The van der Waals surface area contributed by atoms with Crippen LogP contribution >= 0.6 is 0 Å². The summed E-state index contributed by atoms with van der Waals surface area (Å²) in [5, 5.41) is 3.78. The molecule has 0 bridgehead atoms. The number of aryl methyl sites for hydroxylation is 1. The molecule has 0 aliphatic rings. The van der Waals surface area contributed by atoms with E-state index >= 15 is 0 Å². The topological polar surface area (TPSA) is 68.5 Å². The number of hydrogen-bond acceptors (Lipinski definition) is 6. The molecule has 0 aliphatic carbocycles. The molecule has 0 radical (unpaired) electrons. The van der Waals surface area contributed by atoms with Gasteiger partial charge in [-0.2, -0.15) is 4.98 Å². The third-order valence-corrected chi connectivity index (χ3v) is 1.85. The average Bonchev–Trinajstić information content (AvgIpc) is 2.65. The van der Waals surface area contributed by atoms with Crippen molar-refractivity contribution in [2.75, 3.05) is 20.7 Å². The normalized spacial score (nSPS) is 10.7. The molecule has 0 aliphatic heterocycles. The highest BCUT2D eigenvalue weighted by molar-refractivity contribution is 5.71. The molecule has 1 rings (SSSR count). The van der Waals surface area contributed by atoms with Crippen molar-refractivity contribution in [2.24, 2.45) is 0 Å². The van der Waals surface area contributed by atoms with Gasteiger partial charge in [0.1, 0.15) is 0 Å². The van der Waals surface area contributed by atoms with E-state index in [0.717, 1.165) is 0 Å². The Balaban J connectivity index is 2.43. The molecular formula is C9H15N3O3. The number of methoxy groups -OCH3 is 1. The van der Waals surface area contributed by atoms with E-state index in [2.05, 4.69) is 14.9 Å². The van der Waals surface area contributed by atoms with Gasteiger partial charge in [0.2, 0.25) is 5.89 Å². The number of hydrogen-bond donors (Lipinski definition) is 0. The van der Waals surface area contributed by atoms with E-state index in [0.29, 0.717) is 24.7 Å². The molecule has 6 heteroatoms. The Kier molecular flexibility index (Phi) is 4.23. The highest BCUT2D eigenvalue weighted by atomic mass is 16.5. The van der Waals surface area contributed by atoms with E-state index in [1.165, 1.54) is 7.11 Å². The fraction of sp³-hybridized carbons (Fsp3) is 0.667. The summed E-state index contributed by atoms with van der Waals surface area (Å²) < 4.78 is 9.48. The molecule has 1 aromatic heterocycles. The van der Waals surface area contributed by atoms with Crippen LogP contribution in [0.5, 0.6) is 0 Å². The summed E-state index contributed by atoms with van der Waals surface area (Å²) in [6.45, 7) is 2.63. The van der Waals surface area contributed by atoms with Gasteiger partial charge in [-0.25, -0.2) is 0 Å². The number of carbonyl (C=O) groups excluding carboxylic acids is 1. The third-order valence-electron chi connectivity index (χ3n) is 1.85. The van der Waals surface area contributed by atoms with Crippen molar-refractivity contribution in [3.63, 3.8) is 0 Å². The molecule has 0 fully saturated rings. The largest absolute Gasteiger partial charge is 0.468 e. The van der Waals surface area contributed by atoms with Crippen molar-refractivity contribution in [1.82, 2.24) is 15.0 Å². The monoisotopic (exact) mass is 213 g/mol. The van der Waals surface area contributed by atoms with Gasteiger partial charge in [-0.05, 0) is 7.05 Å². The first-order chi connectivity index (χ1) is 7.15. The van der Waals surface area contributed by atoms with Gasteiger partial charge in [0, 0.05) is 6.42 Å². The Bertz CT molecular complexity index is 324. The van der Waals surface area contributed by atoms with Crippen molar-refractivity contribution < 1.29 is 14.1 Å². The minimum atomic E-state index is -0.281. The van der Waals surface area contributed by atoms with Crippen LogP contribution in [0, 0.1) is 0 Å². The minimum absolute atomic E-state index is 0.215. The lowest BCUT2D eigenvalue weighted by Gasteiger charge is -2.11. The molecule has 0 amide bonds. The molecule has 15 heavy (non-hydrogen) atoms. The summed E-state index contributed by atoms with van der Waals surface area (Å²) in [7, 11) is 3.15. The lowest BCUT2D eigenvalue weighted by Crippen LogP contribution is -2.26. The standard InChI is InChI=1S/C9H15N3O3/c1-4-8-10-7(11-15-8)5-12(2)6-9(13)14-3/h4-6H2,1-3H3. The first-order valence-corrected chi connectivity index (χ1v) is 4.72. The summed E-state index contributed by atoms with van der Waals surface area (Å²) in [5.41, 5.74) is 0. The van der Waals surface area contributed by atoms with Gasteiger partial charge in [-0.1, -0.05) is 12.1 Å². The Morgan fingerprint density at radius 1 is 1.60 bits per heavy atom. The van der Waals surface area contributed by atoms with Crippen molar-refractivity contribution in [3.05, 3.63) is 11.7 Å². The van der Waals surface area contributed by atoms with Crippen molar-refractivity contribution in [2.45, 2.75) is 19.9 Å². The van der Waals surface area contributed by atoms with Crippen LogP contribution in [0.4, 0.5) is 0 Å². The van der Waals surface area contributed by atoms with Crippen LogP contribution in [-0.4, -0.2) is 41.7 Å². The van der Waals surface area contributed by atoms with E-state index in [1.54, 1.807) is 11.9 Å². The maximum Gasteiger partial charge on any atom is 0.319 e. The predicted octanol–water partition coefficient (Wildman–Crippen LogP) is 0.237. The number of carbonyl (C=O) groups is 1. The molecule has 1 heterocycles. The number of rotatable bonds is 5. The van der Waals surface area contributed by atoms with Gasteiger partial charge in [-0.3, -0.25) is 9.69 Å². The zero-order valence-corrected chi connectivity index (χ0v) is 9.19. The summed E-state index contributed by atoms with van der Waals surface area (Å²) in [4.78, 5) is 16.8. The van der Waals surface area contributed by atoms with Crippen LogP contribution < -0.4 is 0 Å². The van der Waals surface area contributed by atoms with Crippen LogP contribution in [0.2, 0.25) is 0 Å². The molecule has 1 aromatic rings.